The molecule has 1 saturated heterocycles. The third kappa shape index (κ3) is 3.30. The molecule has 0 aliphatic carbocycles. The van der Waals surface area contributed by atoms with Crippen molar-refractivity contribution in [2.24, 2.45) is 0 Å². The highest BCUT2D eigenvalue weighted by Crippen LogP contribution is 2.20. The Bertz CT molecular complexity index is 424. The second-order valence-corrected chi connectivity index (χ2v) is 4.79. The maximum Gasteiger partial charge on any atom is 0.0991 e. The SMILES string of the molecule is CC1COCC(CC(O)c2ccc(C#N)cc2)N1. The number of rotatable bonds is 3. The van der Waals surface area contributed by atoms with E-state index in [-0.39, 0.29) is 6.04 Å². The number of nitrogens with zero attached hydrogens (tertiary/aromatic N) is 1. The van der Waals surface area contributed by atoms with Gasteiger partial charge in [0.05, 0.1) is 31.0 Å². The van der Waals surface area contributed by atoms with E-state index in [2.05, 4.69) is 18.3 Å². The van der Waals surface area contributed by atoms with Crippen molar-refractivity contribution >= 4 is 0 Å². The molecule has 1 aromatic carbocycles. The number of nitriles is 1. The summed E-state index contributed by atoms with van der Waals surface area (Å²) in [5.74, 6) is 0. The summed E-state index contributed by atoms with van der Waals surface area (Å²) in [4.78, 5) is 0. The number of nitrogens with one attached hydrogen (secondary N) is 1. The van der Waals surface area contributed by atoms with Crippen molar-refractivity contribution in [2.45, 2.75) is 31.5 Å². The zero-order valence-corrected chi connectivity index (χ0v) is 10.5. The monoisotopic (exact) mass is 246 g/mol. The van der Waals surface area contributed by atoms with E-state index in [4.69, 9.17) is 10.00 Å². The maximum atomic E-state index is 10.1. The highest BCUT2D eigenvalue weighted by molar-refractivity contribution is 5.32. The Morgan fingerprint density at radius 1 is 1.44 bits per heavy atom. The third-order valence-electron chi connectivity index (χ3n) is 3.14. The minimum atomic E-state index is -0.524. The Morgan fingerprint density at radius 2 is 2.17 bits per heavy atom. The fourth-order valence-electron chi connectivity index (χ4n) is 2.21. The first-order chi connectivity index (χ1) is 8.69. The summed E-state index contributed by atoms with van der Waals surface area (Å²) in [6, 6.07) is 9.64. The lowest BCUT2D eigenvalue weighted by atomic mass is 10.0. The van der Waals surface area contributed by atoms with Crippen molar-refractivity contribution in [3.63, 3.8) is 0 Å². The fourth-order valence-corrected chi connectivity index (χ4v) is 2.21. The third-order valence-corrected chi connectivity index (χ3v) is 3.14. The smallest absolute Gasteiger partial charge is 0.0991 e. The van der Waals surface area contributed by atoms with Crippen LogP contribution in [0.3, 0.4) is 0 Å². The molecule has 1 aliphatic rings. The average molecular weight is 246 g/mol. The summed E-state index contributed by atoms with van der Waals surface area (Å²) in [5.41, 5.74) is 1.45. The van der Waals surface area contributed by atoms with Gasteiger partial charge in [0.1, 0.15) is 0 Å². The molecule has 96 valence electrons. The molecule has 4 heteroatoms. The van der Waals surface area contributed by atoms with Gasteiger partial charge in [0.2, 0.25) is 0 Å². The van der Waals surface area contributed by atoms with E-state index in [0.29, 0.717) is 24.6 Å². The zero-order chi connectivity index (χ0) is 13.0. The van der Waals surface area contributed by atoms with Crippen LogP contribution in [0.1, 0.15) is 30.6 Å². The molecule has 0 aromatic heterocycles. The number of aliphatic hydroxyl groups excluding tert-OH is 1. The van der Waals surface area contributed by atoms with Gasteiger partial charge >= 0.3 is 0 Å². The second kappa shape index (κ2) is 5.96. The summed E-state index contributed by atoms with van der Waals surface area (Å²) in [6.45, 7) is 3.43. The van der Waals surface area contributed by atoms with Crippen LogP contribution < -0.4 is 5.32 Å². The van der Waals surface area contributed by atoms with E-state index < -0.39 is 6.10 Å². The Morgan fingerprint density at radius 3 is 2.78 bits per heavy atom. The molecule has 0 saturated carbocycles. The standard InChI is InChI=1S/C14H18N2O2/c1-10-8-18-9-13(16-10)6-14(17)12-4-2-11(7-15)3-5-12/h2-5,10,13-14,16-17H,6,8-9H2,1H3. The number of hydrogen-bond acceptors (Lipinski definition) is 4. The predicted octanol–water partition coefficient (Wildman–Crippen LogP) is 1.36. The van der Waals surface area contributed by atoms with Gasteiger partial charge < -0.3 is 15.2 Å². The molecule has 2 N–H and O–H groups in total. The normalized spacial score (nSPS) is 25.4. The topological polar surface area (TPSA) is 65.3 Å². The molecule has 18 heavy (non-hydrogen) atoms. The first kappa shape index (κ1) is 13.0. The summed E-state index contributed by atoms with van der Waals surface area (Å²) in [7, 11) is 0. The molecule has 3 unspecified atom stereocenters. The molecule has 4 nitrogen and oxygen atoms in total. The predicted molar refractivity (Wildman–Crippen MR) is 67.9 cm³/mol. The summed E-state index contributed by atoms with van der Waals surface area (Å²) in [5, 5.41) is 22.3. The maximum absolute atomic E-state index is 10.1. The minimum absolute atomic E-state index is 0.180. The lowest BCUT2D eigenvalue weighted by Crippen LogP contribution is -2.47. The van der Waals surface area contributed by atoms with Crippen LogP contribution in [0.25, 0.3) is 0 Å². The fraction of sp³-hybridized carbons (Fsp3) is 0.500. The molecule has 0 amide bonds. The number of ether oxygens (including phenoxy) is 1. The largest absolute Gasteiger partial charge is 0.388 e. The van der Waals surface area contributed by atoms with Crippen LogP contribution in [0.15, 0.2) is 24.3 Å². The van der Waals surface area contributed by atoms with E-state index in [1.807, 2.05) is 0 Å². The summed E-state index contributed by atoms with van der Waals surface area (Å²) in [6.07, 6.45) is 0.0973. The molecule has 2 rings (SSSR count). The van der Waals surface area contributed by atoms with E-state index in [9.17, 15) is 5.11 Å². The molecule has 0 bridgehead atoms. The molecule has 3 atom stereocenters. The molecule has 0 spiro atoms. The molecule has 0 radical (unpaired) electrons. The van der Waals surface area contributed by atoms with Gasteiger partial charge in [-0.3, -0.25) is 0 Å². The van der Waals surface area contributed by atoms with Crippen LogP contribution in [-0.4, -0.2) is 30.4 Å². The van der Waals surface area contributed by atoms with Crippen molar-refractivity contribution in [3.8, 4) is 6.07 Å². The van der Waals surface area contributed by atoms with Crippen molar-refractivity contribution in [1.29, 1.82) is 5.26 Å². The van der Waals surface area contributed by atoms with Gasteiger partial charge in [-0.25, -0.2) is 0 Å². The van der Waals surface area contributed by atoms with Crippen molar-refractivity contribution in [3.05, 3.63) is 35.4 Å². The van der Waals surface area contributed by atoms with Crippen LogP contribution >= 0.6 is 0 Å². The quantitative estimate of drug-likeness (QED) is 0.845. The number of benzene rings is 1. The van der Waals surface area contributed by atoms with Crippen LogP contribution in [0.2, 0.25) is 0 Å². The van der Waals surface area contributed by atoms with Crippen molar-refractivity contribution < 1.29 is 9.84 Å². The van der Waals surface area contributed by atoms with Gasteiger partial charge in [-0.15, -0.1) is 0 Å². The Balaban J connectivity index is 1.94. The van der Waals surface area contributed by atoms with Crippen LogP contribution in [0.4, 0.5) is 0 Å². The molecule has 1 aliphatic heterocycles. The summed E-state index contributed by atoms with van der Waals surface area (Å²) < 4.78 is 5.45. The van der Waals surface area contributed by atoms with E-state index in [0.717, 1.165) is 12.2 Å². The lowest BCUT2D eigenvalue weighted by molar-refractivity contribution is 0.0304. The van der Waals surface area contributed by atoms with Crippen molar-refractivity contribution in [1.82, 2.24) is 5.32 Å². The molecule has 1 aromatic rings. The highest BCUT2D eigenvalue weighted by atomic mass is 16.5. The summed E-state index contributed by atoms with van der Waals surface area (Å²) >= 11 is 0. The Hall–Kier alpha value is -1.41. The van der Waals surface area contributed by atoms with Crippen LogP contribution in [0.5, 0.6) is 0 Å². The van der Waals surface area contributed by atoms with Gasteiger partial charge in [-0.05, 0) is 31.0 Å². The second-order valence-electron chi connectivity index (χ2n) is 4.79. The first-order valence-electron chi connectivity index (χ1n) is 6.21. The number of hydrogen-bond donors (Lipinski definition) is 2. The highest BCUT2D eigenvalue weighted by Gasteiger charge is 2.21. The van der Waals surface area contributed by atoms with Gasteiger partial charge in [-0.2, -0.15) is 5.26 Å². The zero-order valence-electron chi connectivity index (χ0n) is 10.5. The molecular weight excluding hydrogens is 228 g/mol. The number of morpholine rings is 1. The lowest BCUT2D eigenvalue weighted by Gasteiger charge is -2.30. The van der Waals surface area contributed by atoms with Gasteiger partial charge in [0.15, 0.2) is 0 Å². The van der Waals surface area contributed by atoms with E-state index >= 15 is 0 Å². The molecular formula is C14H18N2O2. The van der Waals surface area contributed by atoms with Crippen LogP contribution in [-0.2, 0) is 4.74 Å². The van der Waals surface area contributed by atoms with Gasteiger partial charge in [0, 0.05) is 12.1 Å². The average Bonchev–Trinajstić information content (AvgIpc) is 2.39. The van der Waals surface area contributed by atoms with E-state index in [1.165, 1.54) is 0 Å². The van der Waals surface area contributed by atoms with Crippen LogP contribution in [0, 0.1) is 11.3 Å². The minimum Gasteiger partial charge on any atom is -0.388 e. The van der Waals surface area contributed by atoms with Gasteiger partial charge in [0.25, 0.3) is 0 Å². The Kier molecular flexibility index (Phi) is 4.32. The van der Waals surface area contributed by atoms with Gasteiger partial charge in [-0.1, -0.05) is 12.1 Å². The molecule has 1 fully saturated rings. The molecule has 1 heterocycles. The van der Waals surface area contributed by atoms with E-state index in [1.54, 1.807) is 24.3 Å². The number of aliphatic hydroxyl groups is 1. The first-order valence-corrected chi connectivity index (χ1v) is 6.21. The Labute approximate surface area is 107 Å². The van der Waals surface area contributed by atoms with Crippen molar-refractivity contribution in [2.75, 3.05) is 13.2 Å².